The van der Waals surface area contributed by atoms with E-state index in [1.54, 1.807) is 0 Å². The Morgan fingerprint density at radius 3 is 2.95 bits per heavy atom. The van der Waals surface area contributed by atoms with Gasteiger partial charge in [-0.25, -0.2) is 0 Å². The number of likely N-dealkylation sites (tertiary alicyclic amines) is 1. The molecule has 0 spiro atoms. The lowest BCUT2D eigenvalue weighted by atomic mass is 9.91. The molecular formula is C17H24N2. The number of rotatable bonds is 2. The zero-order valence-corrected chi connectivity index (χ0v) is 11.7. The van der Waals surface area contributed by atoms with E-state index in [1.807, 2.05) is 0 Å². The number of benzene rings is 1. The topological polar surface area (TPSA) is 15.3 Å². The molecule has 2 heteroatoms. The summed E-state index contributed by atoms with van der Waals surface area (Å²) in [4.78, 5) is 2.77. The predicted octanol–water partition coefficient (Wildman–Crippen LogP) is 3.05. The van der Waals surface area contributed by atoms with Crippen molar-refractivity contribution in [2.75, 3.05) is 6.54 Å². The fraction of sp³-hybridized carbons (Fsp3) is 0.647. The molecule has 2 unspecified atom stereocenters. The van der Waals surface area contributed by atoms with Gasteiger partial charge < -0.3 is 5.32 Å². The highest BCUT2D eigenvalue weighted by molar-refractivity contribution is 5.34. The average molecular weight is 256 g/mol. The summed E-state index contributed by atoms with van der Waals surface area (Å²) in [7, 11) is 0. The minimum Gasteiger partial charge on any atom is -0.309 e. The Hall–Kier alpha value is -0.860. The molecule has 102 valence electrons. The van der Waals surface area contributed by atoms with E-state index in [0.717, 1.165) is 25.0 Å². The number of fused-ring (bicyclic) bond motifs is 2. The molecule has 3 aliphatic rings. The summed E-state index contributed by atoms with van der Waals surface area (Å²) in [6, 6.07) is 8.01. The van der Waals surface area contributed by atoms with E-state index in [4.69, 9.17) is 0 Å². The average Bonchev–Trinajstić information content (AvgIpc) is 3.06. The fourth-order valence-electron chi connectivity index (χ4n) is 4.43. The van der Waals surface area contributed by atoms with E-state index in [1.165, 1.54) is 61.9 Å². The highest BCUT2D eigenvalue weighted by Crippen LogP contribution is 2.37. The van der Waals surface area contributed by atoms with Gasteiger partial charge in [0.2, 0.25) is 0 Å². The predicted molar refractivity (Wildman–Crippen MR) is 77.8 cm³/mol. The second kappa shape index (κ2) is 4.92. The van der Waals surface area contributed by atoms with Gasteiger partial charge in [0.05, 0.1) is 0 Å². The number of nitrogens with zero attached hydrogens (tertiary/aromatic N) is 1. The lowest BCUT2D eigenvalue weighted by Crippen LogP contribution is -2.41. The fourth-order valence-corrected chi connectivity index (χ4v) is 4.43. The van der Waals surface area contributed by atoms with Crippen molar-refractivity contribution in [3.63, 3.8) is 0 Å². The number of hydrogen-bond acceptors (Lipinski definition) is 2. The zero-order chi connectivity index (χ0) is 12.7. The molecule has 2 fully saturated rings. The summed E-state index contributed by atoms with van der Waals surface area (Å²) in [6.45, 7) is 4.62. The van der Waals surface area contributed by atoms with Crippen molar-refractivity contribution in [3.05, 3.63) is 34.9 Å². The summed E-state index contributed by atoms with van der Waals surface area (Å²) in [5, 5.41) is 3.44. The Labute approximate surface area is 116 Å². The van der Waals surface area contributed by atoms with Gasteiger partial charge in [-0.3, -0.25) is 4.90 Å². The maximum atomic E-state index is 3.44. The van der Waals surface area contributed by atoms with Gasteiger partial charge in [0.1, 0.15) is 0 Å². The van der Waals surface area contributed by atoms with Gasteiger partial charge in [0.25, 0.3) is 0 Å². The minimum absolute atomic E-state index is 0.889. The standard InChI is InChI=1S/C17H24N2/c1-3-14-4-2-8-19(17(14)5-1)12-13-6-7-15-10-18-11-16(15)9-13/h6-7,9,14,17-18H,1-5,8,10-12H2. The lowest BCUT2D eigenvalue weighted by molar-refractivity contribution is 0.106. The molecule has 1 saturated heterocycles. The Morgan fingerprint density at radius 2 is 1.95 bits per heavy atom. The van der Waals surface area contributed by atoms with Crippen molar-refractivity contribution in [2.45, 2.75) is 57.8 Å². The smallest absolute Gasteiger partial charge is 0.0236 e. The van der Waals surface area contributed by atoms with Crippen LogP contribution in [0.1, 0.15) is 48.8 Å². The molecule has 4 rings (SSSR count). The maximum absolute atomic E-state index is 3.44. The second-order valence-electron chi connectivity index (χ2n) is 6.58. The van der Waals surface area contributed by atoms with Crippen LogP contribution in [0.5, 0.6) is 0 Å². The maximum Gasteiger partial charge on any atom is 0.0236 e. The van der Waals surface area contributed by atoms with Gasteiger partial charge >= 0.3 is 0 Å². The third-order valence-corrected chi connectivity index (χ3v) is 5.40. The van der Waals surface area contributed by atoms with Gasteiger partial charge in [-0.1, -0.05) is 24.6 Å². The lowest BCUT2D eigenvalue weighted by Gasteiger charge is -2.37. The van der Waals surface area contributed by atoms with Crippen molar-refractivity contribution >= 4 is 0 Å². The molecule has 0 radical (unpaired) electrons. The van der Waals surface area contributed by atoms with E-state index in [9.17, 15) is 0 Å². The van der Waals surface area contributed by atoms with Crippen LogP contribution in [-0.4, -0.2) is 17.5 Å². The van der Waals surface area contributed by atoms with Crippen molar-refractivity contribution in [3.8, 4) is 0 Å². The molecule has 0 bridgehead atoms. The molecule has 2 nitrogen and oxygen atoms in total. The molecule has 2 atom stereocenters. The van der Waals surface area contributed by atoms with Crippen LogP contribution >= 0.6 is 0 Å². The van der Waals surface area contributed by atoms with E-state index < -0.39 is 0 Å². The van der Waals surface area contributed by atoms with Crippen LogP contribution in [0.25, 0.3) is 0 Å². The number of hydrogen-bond donors (Lipinski definition) is 1. The van der Waals surface area contributed by atoms with Crippen LogP contribution in [0.2, 0.25) is 0 Å². The highest BCUT2D eigenvalue weighted by Gasteiger charge is 2.34. The van der Waals surface area contributed by atoms with Crippen molar-refractivity contribution in [1.82, 2.24) is 10.2 Å². The van der Waals surface area contributed by atoms with Crippen LogP contribution in [0.4, 0.5) is 0 Å². The van der Waals surface area contributed by atoms with Gasteiger partial charge in [0.15, 0.2) is 0 Å². The largest absolute Gasteiger partial charge is 0.309 e. The monoisotopic (exact) mass is 256 g/mol. The Balaban J connectivity index is 1.51. The van der Waals surface area contributed by atoms with Crippen LogP contribution in [0, 0.1) is 5.92 Å². The number of piperidine rings is 1. The normalized spacial score (nSPS) is 30.3. The van der Waals surface area contributed by atoms with Gasteiger partial charge in [0, 0.05) is 25.7 Å². The Bertz CT molecular complexity index is 468. The van der Waals surface area contributed by atoms with Crippen LogP contribution < -0.4 is 5.32 Å². The first kappa shape index (κ1) is 11.9. The Kier molecular flexibility index (Phi) is 3.08. The van der Waals surface area contributed by atoms with Crippen molar-refractivity contribution < 1.29 is 0 Å². The summed E-state index contributed by atoms with van der Waals surface area (Å²) in [5.41, 5.74) is 4.55. The molecule has 19 heavy (non-hydrogen) atoms. The third kappa shape index (κ3) is 2.21. The first-order chi connectivity index (χ1) is 9.40. The molecule has 1 aliphatic carbocycles. The zero-order valence-electron chi connectivity index (χ0n) is 11.7. The second-order valence-corrected chi connectivity index (χ2v) is 6.58. The molecular weight excluding hydrogens is 232 g/mol. The first-order valence-electron chi connectivity index (χ1n) is 7.95. The summed E-state index contributed by atoms with van der Waals surface area (Å²) < 4.78 is 0. The SMILES string of the molecule is c1cc2c(cc1CN1CCCC3CCCC31)CNC2. The number of nitrogens with one attached hydrogen (secondary N) is 1. The Morgan fingerprint density at radius 1 is 1.05 bits per heavy atom. The molecule has 1 aromatic rings. The molecule has 2 aliphatic heterocycles. The molecule has 2 heterocycles. The third-order valence-electron chi connectivity index (χ3n) is 5.40. The molecule has 0 aromatic heterocycles. The van der Waals surface area contributed by atoms with Crippen molar-refractivity contribution in [2.24, 2.45) is 5.92 Å². The first-order valence-corrected chi connectivity index (χ1v) is 7.95. The van der Waals surface area contributed by atoms with E-state index >= 15 is 0 Å². The summed E-state index contributed by atoms with van der Waals surface area (Å²) in [6.07, 6.45) is 7.27. The van der Waals surface area contributed by atoms with Crippen LogP contribution in [0.3, 0.4) is 0 Å². The summed E-state index contributed by atoms with van der Waals surface area (Å²) >= 11 is 0. The van der Waals surface area contributed by atoms with Gasteiger partial charge in [-0.2, -0.15) is 0 Å². The van der Waals surface area contributed by atoms with E-state index in [2.05, 4.69) is 28.4 Å². The van der Waals surface area contributed by atoms with Crippen molar-refractivity contribution in [1.29, 1.82) is 0 Å². The molecule has 1 saturated carbocycles. The van der Waals surface area contributed by atoms with Gasteiger partial charge in [-0.15, -0.1) is 0 Å². The summed E-state index contributed by atoms with van der Waals surface area (Å²) in [5.74, 6) is 1.00. The highest BCUT2D eigenvalue weighted by atomic mass is 15.2. The molecule has 0 amide bonds. The van der Waals surface area contributed by atoms with Crippen LogP contribution in [-0.2, 0) is 19.6 Å². The van der Waals surface area contributed by atoms with Gasteiger partial charge in [-0.05, 0) is 54.8 Å². The van der Waals surface area contributed by atoms with Crippen LogP contribution in [0.15, 0.2) is 18.2 Å². The molecule has 1 N–H and O–H groups in total. The molecule has 1 aromatic carbocycles. The van der Waals surface area contributed by atoms with E-state index in [0.29, 0.717) is 0 Å². The quantitative estimate of drug-likeness (QED) is 0.875. The minimum atomic E-state index is 0.889. The van der Waals surface area contributed by atoms with E-state index in [-0.39, 0.29) is 0 Å².